The summed E-state index contributed by atoms with van der Waals surface area (Å²) in [5.41, 5.74) is 1.73. The summed E-state index contributed by atoms with van der Waals surface area (Å²) >= 11 is 6.94. The van der Waals surface area contributed by atoms with Crippen molar-refractivity contribution in [3.63, 3.8) is 0 Å². The number of thiophene rings is 1. The number of hydrogen-bond acceptors (Lipinski definition) is 7. The van der Waals surface area contributed by atoms with Crippen molar-refractivity contribution in [1.82, 2.24) is 19.6 Å². The number of hydrogen-bond donors (Lipinski definition) is 2. The molecule has 0 bridgehead atoms. The number of ether oxygens (including phenoxy) is 1. The van der Waals surface area contributed by atoms with Crippen LogP contribution in [0.5, 0.6) is 0 Å². The highest BCUT2D eigenvalue weighted by Gasteiger charge is 2.26. The number of sulfonamides is 1. The molecule has 0 radical (unpaired) electrons. The van der Waals surface area contributed by atoms with Crippen molar-refractivity contribution < 1.29 is 13.2 Å². The minimum Gasteiger partial charge on any atom is -0.379 e. The highest BCUT2D eigenvalue weighted by molar-refractivity contribution is 7.89. The second kappa shape index (κ2) is 9.79. The Balaban J connectivity index is 1.33. The zero-order valence-corrected chi connectivity index (χ0v) is 19.0. The summed E-state index contributed by atoms with van der Waals surface area (Å²) in [5, 5.41) is 8.45. The van der Waals surface area contributed by atoms with Gasteiger partial charge in [-0.1, -0.05) is 18.2 Å². The number of rotatable bonds is 6. The number of anilines is 1. The highest BCUT2D eigenvalue weighted by atomic mass is 32.2. The Morgan fingerprint density at radius 3 is 2.65 bits per heavy atom. The lowest BCUT2D eigenvalue weighted by Crippen LogP contribution is -2.40. The highest BCUT2D eigenvalue weighted by Crippen LogP contribution is 2.22. The lowest BCUT2D eigenvalue weighted by Gasteiger charge is -2.26. The first kappa shape index (κ1) is 21.8. The first-order valence-corrected chi connectivity index (χ1v) is 12.3. The van der Waals surface area contributed by atoms with Gasteiger partial charge in [0, 0.05) is 25.8 Å². The number of nitrogens with one attached hydrogen (secondary N) is 2. The maximum absolute atomic E-state index is 12.7. The SMILES string of the molecule is O=S(=O)(c1ccc(CNC(=S)Nc2nccc(-c3cccs3)n2)cc1)N1CCOCC1. The third-order valence-electron chi connectivity index (χ3n) is 4.64. The van der Waals surface area contributed by atoms with Crippen molar-refractivity contribution in [2.24, 2.45) is 0 Å². The molecular weight excluding hydrogens is 454 g/mol. The molecule has 0 unspecified atom stereocenters. The van der Waals surface area contributed by atoms with E-state index >= 15 is 0 Å². The van der Waals surface area contributed by atoms with Gasteiger partial charge in [-0.15, -0.1) is 11.3 Å². The lowest BCUT2D eigenvalue weighted by atomic mass is 10.2. The van der Waals surface area contributed by atoms with Gasteiger partial charge in [0.2, 0.25) is 16.0 Å². The molecule has 3 aromatic rings. The summed E-state index contributed by atoms with van der Waals surface area (Å²) in [6, 6.07) is 12.6. The summed E-state index contributed by atoms with van der Waals surface area (Å²) in [5.74, 6) is 0.412. The molecule has 11 heteroatoms. The van der Waals surface area contributed by atoms with Gasteiger partial charge < -0.3 is 15.4 Å². The number of morpholine rings is 1. The van der Waals surface area contributed by atoms with E-state index in [2.05, 4.69) is 20.6 Å². The number of nitrogens with zero attached hydrogens (tertiary/aromatic N) is 3. The van der Waals surface area contributed by atoms with Gasteiger partial charge in [-0.2, -0.15) is 4.31 Å². The van der Waals surface area contributed by atoms with E-state index in [1.807, 2.05) is 23.6 Å². The molecule has 2 N–H and O–H groups in total. The molecule has 1 aliphatic heterocycles. The summed E-state index contributed by atoms with van der Waals surface area (Å²) in [7, 11) is -3.49. The topological polar surface area (TPSA) is 96.5 Å². The minimum atomic E-state index is -3.49. The molecule has 162 valence electrons. The van der Waals surface area contributed by atoms with Crippen LogP contribution in [0, 0.1) is 0 Å². The third-order valence-corrected chi connectivity index (χ3v) is 7.69. The van der Waals surface area contributed by atoms with Crippen LogP contribution in [0.4, 0.5) is 5.95 Å². The van der Waals surface area contributed by atoms with Crippen LogP contribution in [0.1, 0.15) is 5.56 Å². The molecule has 31 heavy (non-hydrogen) atoms. The van der Waals surface area contributed by atoms with Crippen LogP contribution in [0.2, 0.25) is 0 Å². The van der Waals surface area contributed by atoms with E-state index in [4.69, 9.17) is 17.0 Å². The Kier molecular flexibility index (Phi) is 6.88. The number of aromatic nitrogens is 2. The Hall–Kier alpha value is -2.44. The molecule has 8 nitrogen and oxygen atoms in total. The first-order valence-electron chi connectivity index (χ1n) is 9.61. The molecule has 1 aliphatic rings. The van der Waals surface area contributed by atoms with Crippen LogP contribution in [-0.2, 0) is 21.3 Å². The fourth-order valence-electron chi connectivity index (χ4n) is 3.02. The van der Waals surface area contributed by atoms with Crippen LogP contribution < -0.4 is 10.6 Å². The summed E-state index contributed by atoms with van der Waals surface area (Å²) in [6.45, 7) is 2.04. The van der Waals surface area contributed by atoms with Gasteiger partial charge in [0.1, 0.15) is 0 Å². The minimum absolute atomic E-state index is 0.276. The molecule has 0 amide bonds. The van der Waals surface area contributed by atoms with E-state index in [1.54, 1.807) is 41.8 Å². The molecule has 1 aromatic carbocycles. The van der Waals surface area contributed by atoms with E-state index in [-0.39, 0.29) is 4.90 Å². The molecule has 1 fully saturated rings. The fraction of sp³-hybridized carbons (Fsp3) is 0.250. The van der Waals surface area contributed by atoms with Crippen LogP contribution in [0.25, 0.3) is 10.6 Å². The van der Waals surface area contributed by atoms with Crippen molar-refractivity contribution >= 4 is 44.6 Å². The first-order chi connectivity index (χ1) is 15.0. The van der Waals surface area contributed by atoms with Crippen molar-refractivity contribution in [2.75, 3.05) is 31.6 Å². The molecule has 0 saturated carbocycles. The summed E-state index contributed by atoms with van der Waals surface area (Å²) in [6.07, 6.45) is 1.68. The van der Waals surface area contributed by atoms with Gasteiger partial charge >= 0.3 is 0 Å². The van der Waals surface area contributed by atoms with Crippen LogP contribution in [0.15, 0.2) is 58.9 Å². The van der Waals surface area contributed by atoms with Gasteiger partial charge in [0.05, 0.1) is 28.7 Å². The van der Waals surface area contributed by atoms with E-state index < -0.39 is 10.0 Å². The van der Waals surface area contributed by atoms with Gasteiger partial charge in [0.15, 0.2) is 5.11 Å². The quantitative estimate of drug-likeness (QED) is 0.526. The maximum atomic E-state index is 12.7. The molecular formula is C20H21N5O3S3. The van der Waals surface area contributed by atoms with Crippen molar-refractivity contribution in [2.45, 2.75) is 11.4 Å². The second-order valence-electron chi connectivity index (χ2n) is 6.71. The Labute approximate surface area is 190 Å². The van der Waals surface area contributed by atoms with Crippen molar-refractivity contribution in [1.29, 1.82) is 0 Å². The summed E-state index contributed by atoms with van der Waals surface area (Å²) < 4.78 is 32.1. The standard InChI is InChI=1S/C20H21N5O3S3/c26-31(27,25-9-11-28-12-10-25)16-5-3-15(4-6-16)14-22-20(29)24-19-21-8-7-17(23-19)18-2-1-13-30-18/h1-8,13H,9-12,14H2,(H2,21,22,23,24,29). The van der Waals surface area contributed by atoms with Gasteiger partial charge in [0.25, 0.3) is 0 Å². The van der Waals surface area contributed by atoms with Gasteiger partial charge in [-0.05, 0) is 47.4 Å². The fourth-order valence-corrected chi connectivity index (χ4v) is 5.29. The average Bonchev–Trinajstić information content (AvgIpc) is 3.34. The second-order valence-corrected chi connectivity index (χ2v) is 10.0. The van der Waals surface area contributed by atoms with E-state index in [0.29, 0.717) is 43.9 Å². The monoisotopic (exact) mass is 475 g/mol. The molecule has 3 heterocycles. The largest absolute Gasteiger partial charge is 0.379 e. The van der Waals surface area contributed by atoms with E-state index in [0.717, 1.165) is 16.1 Å². The molecule has 4 rings (SSSR count). The Bertz CT molecular complexity index is 1130. The Morgan fingerprint density at radius 2 is 1.94 bits per heavy atom. The normalized spacial score (nSPS) is 14.8. The maximum Gasteiger partial charge on any atom is 0.243 e. The van der Waals surface area contributed by atoms with Crippen LogP contribution in [0.3, 0.4) is 0 Å². The smallest absolute Gasteiger partial charge is 0.243 e. The molecule has 0 spiro atoms. The zero-order chi connectivity index (χ0) is 21.7. The third kappa shape index (κ3) is 5.43. The lowest BCUT2D eigenvalue weighted by molar-refractivity contribution is 0.0730. The summed E-state index contributed by atoms with van der Waals surface area (Å²) in [4.78, 5) is 10.0. The van der Waals surface area contributed by atoms with E-state index in [9.17, 15) is 8.42 Å². The van der Waals surface area contributed by atoms with Crippen LogP contribution >= 0.6 is 23.6 Å². The molecule has 0 aliphatic carbocycles. The molecule has 1 saturated heterocycles. The zero-order valence-electron chi connectivity index (χ0n) is 16.5. The van der Waals surface area contributed by atoms with Crippen LogP contribution in [-0.4, -0.2) is 54.1 Å². The molecule has 0 atom stereocenters. The predicted octanol–water partition coefficient (Wildman–Crippen LogP) is 2.71. The van der Waals surface area contributed by atoms with Crippen molar-refractivity contribution in [3.05, 3.63) is 59.6 Å². The van der Waals surface area contributed by atoms with Gasteiger partial charge in [-0.25, -0.2) is 18.4 Å². The van der Waals surface area contributed by atoms with Crippen molar-refractivity contribution in [3.8, 4) is 10.6 Å². The average molecular weight is 476 g/mol. The predicted molar refractivity (Wildman–Crippen MR) is 124 cm³/mol. The molecule has 2 aromatic heterocycles. The number of benzene rings is 1. The van der Waals surface area contributed by atoms with Gasteiger partial charge in [-0.3, -0.25) is 0 Å². The number of thiocarbonyl (C=S) groups is 1. The van der Waals surface area contributed by atoms with E-state index in [1.165, 1.54) is 4.31 Å². The Morgan fingerprint density at radius 1 is 1.16 bits per heavy atom.